The second kappa shape index (κ2) is 7.36. The molecule has 0 saturated heterocycles. The lowest BCUT2D eigenvalue weighted by Crippen LogP contribution is -2.29. The van der Waals surface area contributed by atoms with Gasteiger partial charge in [-0.3, -0.25) is 9.98 Å². The van der Waals surface area contributed by atoms with Crippen LogP contribution in [0.4, 0.5) is 0 Å². The maximum atomic E-state index is 11.4. The first-order chi connectivity index (χ1) is 15.0. The van der Waals surface area contributed by atoms with Crippen LogP contribution < -0.4 is 4.74 Å². The minimum absolute atomic E-state index is 0.274. The minimum Gasteiger partial charge on any atom is -0.489 e. The van der Waals surface area contributed by atoms with E-state index in [9.17, 15) is 5.11 Å². The van der Waals surface area contributed by atoms with Crippen LogP contribution in [-0.2, 0) is 18.6 Å². The molecule has 2 aromatic heterocycles. The molecule has 0 spiro atoms. The van der Waals surface area contributed by atoms with Gasteiger partial charge in [0.15, 0.2) is 0 Å². The Labute approximate surface area is 181 Å². The number of aliphatic hydroxyl groups is 1. The number of fused-ring (bicyclic) bond motifs is 4. The average Bonchev–Trinajstić information content (AvgIpc) is 3.17. The van der Waals surface area contributed by atoms with Crippen LogP contribution in [0, 0.1) is 0 Å². The van der Waals surface area contributed by atoms with Gasteiger partial charge in [0.25, 0.3) is 0 Å². The number of nitrogens with one attached hydrogen (secondary N) is 1. The number of aromatic amines is 1. The first-order valence-corrected chi connectivity index (χ1v) is 10.4. The SMILES string of the molecule is C=NCc1ccc2c3c([nH]c2c1)C(C)(C)c1ccc(OCc2ccncc2)cc1C3O. The van der Waals surface area contributed by atoms with Crippen molar-refractivity contribution in [2.45, 2.75) is 38.5 Å². The maximum absolute atomic E-state index is 11.4. The van der Waals surface area contributed by atoms with Crippen LogP contribution in [0.3, 0.4) is 0 Å². The molecule has 2 heterocycles. The topological polar surface area (TPSA) is 70.5 Å². The molecular weight excluding hydrogens is 386 g/mol. The molecular formula is C26H25N3O2. The van der Waals surface area contributed by atoms with Gasteiger partial charge in [-0.1, -0.05) is 32.0 Å². The Morgan fingerprint density at radius 3 is 2.68 bits per heavy atom. The molecule has 0 radical (unpaired) electrons. The molecule has 4 aromatic rings. The number of aliphatic imine (C=N–C) groups is 1. The van der Waals surface area contributed by atoms with Gasteiger partial charge in [-0.2, -0.15) is 0 Å². The molecule has 5 nitrogen and oxygen atoms in total. The number of hydrogen-bond acceptors (Lipinski definition) is 4. The average molecular weight is 412 g/mol. The third-order valence-electron chi connectivity index (χ3n) is 6.24. The molecule has 5 heteroatoms. The van der Waals surface area contributed by atoms with E-state index in [-0.39, 0.29) is 5.41 Å². The number of aromatic nitrogens is 2. The van der Waals surface area contributed by atoms with Crippen LogP contribution in [-0.4, -0.2) is 21.8 Å². The Bertz CT molecular complexity index is 1270. The number of aliphatic hydroxyl groups excluding tert-OH is 1. The van der Waals surface area contributed by atoms with Crippen molar-refractivity contribution in [1.82, 2.24) is 9.97 Å². The van der Waals surface area contributed by atoms with Crippen molar-refractivity contribution < 1.29 is 9.84 Å². The lowest BCUT2D eigenvalue weighted by molar-refractivity contribution is 0.210. The largest absolute Gasteiger partial charge is 0.489 e. The highest BCUT2D eigenvalue weighted by Gasteiger charge is 2.39. The Morgan fingerprint density at radius 2 is 1.90 bits per heavy atom. The summed E-state index contributed by atoms with van der Waals surface area (Å²) in [6, 6.07) is 16.1. The Hall–Kier alpha value is -3.44. The summed E-state index contributed by atoms with van der Waals surface area (Å²) < 4.78 is 6.01. The molecule has 1 unspecified atom stereocenters. The summed E-state index contributed by atoms with van der Waals surface area (Å²) >= 11 is 0. The van der Waals surface area contributed by atoms with Gasteiger partial charge in [-0.15, -0.1) is 0 Å². The normalized spacial score (nSPS) is 16.5. The monoisotopic (exact) mass is 411 g/mol. The van der Waals surface area contributed by atoms with E-state index in [1.807, 2.05) is 24.3 Å². The summed E-state index contributed by atoms with van der Waals surface area (Å²) in [5, 5.41) is 12.4. The molecule has 156 valence electrons. The van der Waals surface area contributed by atoms with E-state index in [0.29, 0.717) is 13.2 Å². The van der Waals surface area contributed by atoms with E-state index in [1.165, 1.54) is 0 Å². The van der Waals surface area contributed by atoms with Gasteiger partial charge in [0.2, 0.25) is 0 Å². The zero-order chi connectivity index (χ0) is 21.6. The summed E-state index contributed by atoms with van der Waals surface area (Å²) in [6.07, 6.45) is 2.79. The van der Waals surface area contributed by atoms with Gasteiger partial charge >= 0.3 is 0 Å². The third kappa shape index (κ3) is 3.22. The van der Waals surface area contributed by atoms with Crippen molar-refractivity contribution in [3.8, 4) is 5.75 Å². The molecule has 2 aromatic carbocycles. The number of ether oxygens (including phenoxy) is 1. The zero-order valence-electron chi connectivity index (χ0n) is 17.7. The van der Waals surface area contributed by atoms with Gasteiger partial charge in [0, 0.05) is 40.0 Å². The fraction of sp³-hybridized carbons (Fsp3) is 0.231. The molecule has 2 N–H and O–H groups in total. The lowest BCUT2D eigenvalue weighted by atomic mass is 9.70. The molecule has 0 saturated carbocycles. The lowest BCUT2D eigenvalue weighted by Gasteiger charge is -2.35. The molecule has 1 atom stereocenters. The van der Waals surface area contributed by atoms with E-state index in [4.69, 9.17) is 4.74 Å². The van der Waals surface area contributed by atoms with Gasteiger partial charge < -0.3 is 14.8 Å². The first kappa shape index (κ1) is 19.5. The highest BCUT2D eigenvalue weighted by molar-refractivity contribution is 5.88. The van der Waals surface area contributed by atoms with Crippen molar-refractivity contribution >= 4 is 17.6 Å². The number of benzene rings is 2. The number of nitrogens with zero attached hydrogens (tertiary/aromatic N) is 2. The summed E-state index contributed by atoms with van der Waals surface area (Å²) in [7, 11) is 0. The van der Waals surface area contributed by atoms with Crippen molar-refractivity contribution in [3.05, 3.63) is 94.4 Å². The summed E-state index contributed by atoms with van der Waals surface area (Å²) in [5.41, 5.74) is 6.87. The van der Waals surface area contributed by atoms with Crippen molar-refractivity contribution in [1.29, 1.82) is 0 Å². The van der Waals surface area contributed by atoms with E-state index in [2.05, 4.69) is 59.8 Å². The van der Waals surface area contributed by atoms with Crippen LogP contribution in [0.5, 0.6) is 5.75 Å². The van der Waals surface area contributed by atoms with Gasteiger partial charge in [-0.05, 0) is 59.3 Å². The van der Waals surface area contributed by atoms with Gasteiger partial charge in [-0.25, -0.2) is 0 Å². The highest BCUT2D eigenvalue weighted by Crippen LogP contribution is 2.49. The van der Waals surface area contributed by atoms with Crippen molar-refractivity contribution in [2.75, 3.05) is 0 Å². The molecule has 1 aliphatic carbocycles. The molecule has 5 rings (SSSR count). The molecule has 0 bridgehead atoms. The number of hydrogen-bond donors (Lipinski definition) is 2. The molecule has 1 aliphatic rings. The van der Waals surface area contributed by atoms with Crippen molar-refractivity contribution in [3.63, 3.8) is 0 Å². The van der Waals surface area contributed by atoms with Crippen LogP contribution >= 0.6 is 0 Å². The summed E-state index contributed by atoms with van der Waals surface area (Å²) in [4.78, 5) is 11.6. The van der Waals surface area contributed by atoms with E-state index < -0.39 is 6.10 Å². The maximum Gasteiger partial charge on any atom is 0.120 e. The Balaban J connectivity index is 1.55. The van der Waals surface area contributed by atoms with Gasteiger partial charge in [0.05, 0.1) is 6.54 Å². The second-order valence-corrected chi connectivity index (χ2v) is 8.60. The standard InChI is InChI=1S/C26H25N3O2/c1-26(2)21-7-5-18(31-15-16-8-10-28-11-9-16)13-20(21)24(30)23-19-6-4-17(14-27-3)12-22(19)29-25(23)26/h4-13,24,29-30H,3,14-15H2,1-2H3. The first-order valence-electron chi connectivity index (χ1n) is 10.4. The smallest absolute Gasteiger partial charge is 0.120 e. The van der Waals surface area contributed by atoms with Crippen molar-refractivity contribution in [2.24, 2.45) is 4.99 Å². The highest BCUT2D eigenvalue weighted by atomic mass is 16.5. The van der Waals surface area contributed by atoms with Gasteiger partial charge in [0.1, 0.15) is 18.5 Å². The second-order valence-electron chi connectivity index (χ2n) is 8.60. The van der Waals surface area contributed by atoms with E-state index in [1.54, 1.807) is 12.4 Å². The number of pyridine rings is 1. The van der Waals surface area contributed by atoms with Crippen LogP contribution in [0.1, 0.15) is 53.5 Å². The molecule has 0 amide bonds. The fourth-order valence-electron chi connectivity index (χ4n) is 4.63. The third-order valence-corrected chi connectivity index (χ3v) is 6.24. The Morgan fingerprint density at radius 1 is 1.10 bits per heavy atom. The molecule has 0 aliphatic heterocycles. The summed E-state index contributed by atoms with van der Waals surface area (Å²) in [5.74, 6) is 0.744. The van der Waals surface area contributed by atoms with Crippen LogP contribution in [0.15, 0.2) is 65.9 Å². The summed E-state index contributed by atoms with van der Waals surface area (Å²) in [6.45, 7) is 9.00. The predicted molar refractivity (Wildman–Crippen MR) is 123 cm³/mol. The van der Waals surface area contributed by atoms with Crippen LogP contribution in [0.25, 0.3) is 10.9 Å². The number of H-pyrrole nitrogens is 1. The quantitative estimate of drug-likeness (QED) is 0.451. The van der Waals surface area contributed by atoms with E-state index >= 15 is 0 Å². The Kier molecular flexibility index (Phi) is 4.63. The molecule has 31 heavy (non-hydrogen) atoms. The zero-order valence-corrected chi connectivity index (χ0v) is 17.7. The predicted octanol–water partition coefficient (Wildman–Crippen LogP) is 5.06. The molecule has 0 fully saturated rings. The van der Waals surface area contributed by atoms with E-state index in [0.717, 1.165) is 50.2 Å². The fourth-order valence-corrected chi connectivity index (χ4v) is 4.63. The minimum atomic E-state index is -0.723. The van der Waals surface area contributed by atoms with Crippen LogP contribution in [0.2, 0.25) is 0 Å². The number of rotatable bonds is 5.